The van der Waals surface area contributed by atoms with Crippen LogP contribution in [-0.2, 0) is 6.42 Å². The predicted molar refractivity (Wildman–Crippen MR) is 60.5 cm³/mol. The Balaban J connectivity index is 2.39. The molecule has 0 saturated carbocycles. The van der Waals surface area contributed by atoms with Crippen LogP contribution in [0.3, 0.4) is 0 Å². The highest BCUT2D eigenvalue weighted by Gasteiger charge is 2.20. The number of halogens is 2. The molecule has 2 rings (SSSR count). The van der Waals surface area contributed by atoms with Gasteiger partial charge in [-0.15, -0.1) is 0 Å². The lowest BCUT2D eigenvalue weighted by Gasteiger charge is -2.11. The molecule has 0 radical (unpaired) electrons. The number of benzene rings is 1. The molecule has 1 atom stereocenters. The summed E-state index contributed by atoms with van der Waals surface area (Å²) in [6, 6.07) is 6.16. The van der Waals surface area contributed by atoms with Crippen LogP contribution in [0, 0.1) is 11.6 Å². The molecule has 0 aliphatic carbocycles. The minimum absolute atomic E-state index is 0.162. The topological polar surface area (TPSA) is 39.2 Å². The predicted octanol–water partition coefficient (Wildman–Crippen LogP) is 3.17. The standard InChI is InChI=1S/C13H13F2NO/c1-2-8-6-7-11(17-8)13(16)12-9(14)4-3-5-10(12)15/h3-7,13H,2,16H2,1H3. The van der Waals surface area contributed by atoms with Gasteiger partial charge in [0.2, 0.25) is 0 Å². The first-order valence-corrected chi connectivity index (χ1v) is 5.41. The van der Waals surface area contributed by atoms with Gasteiger partial charge >= 0.3 is 0 Å². The summed E-state index contributed by atoms with van der Waals surface area (Å²) in [6.45, 7) is 1.93. The van der Waals surface area contributed by atoms with Crippen LogP contribution in [0.1, 0.15) is 30.0 Å². The van der Waals surface area contributed by atoms with Crippen molar-refractivity contribution >= 4 is 0 Å². The average molecular weight is 237 g/mol. The zero-order valence-electron chi connectivity index (χ0n) is 9.41. The Kier molecular flexibility index (Phi) is 3.24. The fourth-order valence-electron chi connectivity index (χ4n) is 1.70. The van der Waals surface area contributed by atoms with Crippen LogP contribution < -0.4 is 5.73 Å². The Bertz CT molecular complexity index is 502. The minimum Gasteiger partial charge on any atom is -0.464 e. The summed E-state index contributed by atoms with van der Waals surface area (Å²) in [6.07, 6.45) is 0.715. The van der Waals surface area contributed by atoms with Gasteiger partial charge in [0, 0.05) is 12.0 Å². The molecule has 0 aliphatic rings. The van der Waals surface area contributed by atoms with E-state index in [1.54, 1.807) is 12.1 Å². The summed E-state index contributed by atoms with van der Waals surface area (Å²) < 4.78 is 32.4. The molecule has 17 heavy (non-hydrogen) atoms. The van der Waals surface area contributed by atoms with Gasteiger partial charge in [0.25, 0.3) is 0 Å². The van der Waals surface area contributed by atoms with E-state index in [9.17, 15) is 8.78 Å². The van der Waals surface area contributed by atoms with Gasteiger partial charge in [0.05, 0.1) is 6.04 Å². The third-order valence-electron chi connectivity index (χ3n) is 2.65. The molecule has 0 bridgehead atoms. The fourth-order valence-corrected chi connectivity index (χ4v) is 1.70. The summed E-state index contributed by atoms with van der Waals surface area (Å²) >= 11 is 0. The van der Waals surface area contributed by atoms with Crippen molar-refractivity contribution < 1.29 is 13.2 Å². The van der Waals surface area contributed by atoms with Crippen LogP contribution in [0.5, 0.6) is 0 Å². The fraction of sp³-hybridized carbons (Fsp3) is 0.231. The van der Waals surface area contributed by atoms with Gasteiger partial charge in [-0.2, -0.15) is 0 Å². The van der Waals surface area contributed by atoms with Gasteiger partial charge in [-0.1, -0.05) is 13.0 Å². The summed E-state index contributed by atoms with van der Waals surface area (Å²) in [5, 5.41) is 0. The Morgan fingerprint density at radius 3 is 2.35 bits per heavy atom. The van der Waals surface area contributed by atoms with E-state index in [1.807, 2.05) is 6.92 Å². The van der Waals surface area contributed by atoms with Crippen LogP contribution >= 0.6 is 0 Å². The zero-order valence-corrected chi connectivity index (χ0v) is 9.41. The number of hydrogen-bond donors (Lipinski definition) is 1. The molecule has 1 aromatic heterocycles. The Labute approximate surface area is 98.0 Å². The first-order chi connectivity index (χ1) is 8.13. The lowest BCUT2D eigenvalue weighted by atomic mass is 10.0. The third kappa shape index (κ3) is 2.22. The quantitative estimate of drug-likeness (QED) is 0.890. The summed E-state index contributed by atoms with van der Waals surface area (Å²) in [7, 11) is 0. The molecule has 4 heteroatoms. The molecule has 1 unspecified atom stereocenters. The molecular formula is C13H13F2NO. The highest BCUT2D eigenvalue weighted by Crippen LogP contribution is 2.26. The van der Waals surface area contributed by atoms with E-state index in [2.05, 4.69) is 0 Å². The molecule has 90 valence electrons. The third-order valence-corrected chi connectivity index (χ3v) is 2.65. The van der Waals surface area contributed by atoms with E-state index in [-0.39, 0.29) is 5.56 Å². The van der Waals surface area contributed by atoms with E-state index in [0.717, 1.165) is 5.76 Å². The normalized spacial score (nSPS) is 12.7. The van der Waals surface area contributed by atoms with Crippen molar-refractivity contribution in [3.8, 4) is 0 Å². The minimum atomic E-state index is -0.920. The van der Waals surface area contributed by atoms with E-state index in [1.165, 1.54) is 18.2 Å². The lowest BCUT2D eigenvalue weighted by molar-refractivity contribution is 0.439. The Morgan fingerprint density at radius 1 is 1.18 bits per heavy atom. The molecule has 2 N–H and O–H groups in total. The smallest absolute Gasteiger partial charge is 0.131 e. The Hall–Kier alpha value is -1.68. The molecule has 0 aliphatic heterocycles. The van der Waals surface area contributed by atoms with Crippen LogP contribution in [0.2, 0.25) is 0 Å². The number of nitrogens with two attached hydrogens (primary N) is 1. The van der Waals surface area contributed by atoms with E-state index >= 15 is 0 Å². The van der Waals surface area contributed by atoms with Gasteiger partial charge in [0.15, 0.2) is 0 Å². The van der Waals surface area contributed by atoms with Crippen LogP contribution in [0.25, 0.3) is 0 Å². The second-order valence-electron chi connectivity index (χ2n) is 3.77. The monoisotopic (exact) mass is 237 g/mol. The lowest BCUT2D eigenvalue weighted by Crippen LogP contribution is -2.14. The largest absolute Gasteiger partial charge is 0.464 e. The van der Waals surface area contributed by atoms with Crippen molar-refractivity contribution in [1.29, 1.82) is 0 Å². The van der Waals surface area contributed by atoms with Gasteiger partial charge in [0.1, 0.15) is 23.2 Å². The van der Waals surface area contributed by atoms with Crippen molar-refractivity contribution in [2.24, 2.45) is 5.73 Å². The molecule has 1 aromatic carbocycles. The van der Waals surface area contributed by atoms with Gasteiger partial charge < -0.3 is 10.2 Å². The van der Waals surface area contributed by atoms with E-state index < -0.39 is 17.7 Å². The SMILES string of the molecule is CCc1ccc(C(N)c2c(F)cccc2F)o1. The van der Waals surface area contributed by atoms with Crippen molar-refractivity contribution in [2.45, 2.75) is 19.4 Å². The van der Waals surface area contributed by atoms with E-state index in [4.69, 9.17) is 10.2 Å². The van der Waals surface area contributed by atoms with Crippen LogP contribution in [0.4, 0.5) is 8.78 Å². The summed E-state index contributed by atoms with van der Waals surface area (Å²) in [5.41, 5.74) is 5.65. The molecule has 2 aromatic rings. The van der Waals surface area contributed by atoms with Crippen LogP contribution in [-0.4, -0.2) is 0 Å². The molecular weight excluding hydrogens is 224 g/mol. The van der Waals surface area contributed by atoms with Crippen molar-refractivity contribution in [2.75, 3.05) is 0 Å². The molecule has 0 spiro atoms. The first kappa shape index (κ1) is 11.8. The maximum atomic E-state index is 13.5. The zero-order chi connectivity index (χ0) is 12.4. The van der Waals surface area contributed by atoms with Crippen LogP contribution in [0.15, 0.2) is 34.7 Å². The second kappa shape index (κ2) is 4.67. The van der Waals surface area contributed by atoms with Gasteiger partial charge in [-0.3, -0.25) is 0 Å². The Morgan fingerprint density at radius 2 is 1.82 bits per heavy atom. The molecule has 0 fully saturated rings. The highest BCUT2D eigenvalue weighted by atomic mass is 19.1. The van der Waals surface area contributed by atoms with Crippen molar-refractivity contribution in [3.63, 3.8) is 0 Å². The van der Waals surface area contributed by atoms with Crippen molar-refractivity contribution in [3.05, 3.63) is 59.1 Å². The summed E-state index contributed by atoms with van der Waals surface area (Å²) in [5.74, 6) is -0.211. The average Bonchev–Trinajstić information content (AvgIpc) is 2.77. The number of rotatable bonds is 3. The summed E-state index contributed by atoms with van der Waals surface area (Å²) in [4.78, 5) is 0. The molecule has 1 heterocycles. The first-order valence-electron chi connectivity index (χ1n) is 5.41. The van der Waals surface area contributed by atoms with Crippen molar-refractivity contribution in [1.82, 2.24) is 0 Å². The second-order valence-corrected chi connectivity index (χ2v) is 3.77. The van der Waals surface area contributed by atoms with Gasteiger partial charge in [-0.25, -0.2) is 8.78 Å². The maximum Gasteiger partial charge on any atom is 0.131 e. The molecule has 0 saturated heterocycles. The number of aryl methyl sites for hydroxylation is 1. The van der Waals surface area contributed by atoms with Gasteiger partial charge in [-0.05, 0) is 24.3 Å². The molecule has 0 amide bonds. The highest BCUT2D eigenvalue weighted by molar-refractivity contribution is 5.29. The number of hydrogen-bond acceptors (Lipinski definition) is 2. The maximum absolute atomic E-state index is 13.5. The van der Waals surface area contributed by atoms with E-state index in [0.29, 0.717) is 12.2 Å². The molecule has 2 nitrogen and oxygen atoms in total. The number of furan rings is 1.